The molecule has 50 heavy (non-hydrogen) atoms. The molecule has 1 aliphatic carbocycles. The number of terminal acetylenes is 1. The minimum absolute atomic E-state index is 0.330. The Balaban J connectivity index is 1.39. The predicted molar refractivity (Wildman–Crippen MR) is 213 cm³/mol. The third-order valence-corrected chi connectivity index (χ3v) is 9.48. The molecule has 2 heteroatoms. The Labute approximate surface area is 294 Å². The van der Waals surface area contributed by atoms with E-state index >= 15 is 0 Å². The van der Waals surface area contributed by atoms with E-state index in [1.54, 1.807) is 0 Å². The predicted octanol–water partition coefficient (Wildman–Crippen LogP) is 12.3. The van der Waals surface area contributed by atoms with E-state index in [1.165, 1.54) is 49.4 Å². The molecule has 7 aromatic rings. The first-order valence-corrected chi connectivity index (χ1v) is 17.1. The summed E-state index contributed by atoms with van der Waals surface area (Å²) in [4.78, 5) is 4.92. The summed E-state index contributed by atoms with van der Waals surface area (Å²) in [6.07, 6.45) is 21.2. The van der Waals surface area contributed by atoms with Crippen LogP contribution in [-0.2, 0) is 0 Å². The minimum Gasteiger partial charge on any atom is -0.292 e. The molecule has 0 aliphatic heterocycles. The van der Waals surface area contributed by atoms with Crippen molar-refractivity contribution in [1.29, 1.82) is 0 Å². The molecule has 1 heterocycles. The van der Waals surface area contributed by atoms with Crippen LogP contribution in [0.1, 0.15) is 30.8 Å². The lowest BCUT2D eigenvalue weighted by molar-refractivity contribution is 0.945. The number of nitrogens with zero attached hydrogens (tertiary/aromatic N) is 2. The van der Waals surface area contributed by atoms with Gasteiger partial charge in [0.2, 0.25) is 0 Å². The number of rotatable bonds is 6. The van der Waals surface area contributed by atoms with Crippen molar-refractivity contribution in [1.82, 2.24) is 9.55 Å². The Hall–Kier alpha value is -6.43. The summed E-state index contributed by atoms with van der Waals surface area (Å²) in [6, 6.07) is 45.6. The Bertz CT molecular complexity index is 2530. The van der Waals surface area contributed by atoms with Gasteiger partial charge in [0.25, 0.3) is 0 Å². The maximum Gasteiger partial charge on any atom is 0.146 e. The second-order valence-electron chi connectivity index (χ2n) is 12.7. The number of benzene rings is 6. The topological polar surface area (TPSA) is 17.8 Å². The van der Waals surface area contributed by atoms with Gasteiger partial charge in [-0.2, -0.15) is 0 Å². The van der Waals surface area contributed by atoms with E-state index in [1.807, 2.05) is 37.3 Å². The van der Waals surface area contributed by atoms with Crippen molar-refractivity contribution in [3.8, 4) is 51.7 Å². The molecule has 1 aliphatic rings. The smallest absolute Gasteiger partial charge is 0.146 e. The molecular formula is C48H36N2. The summed E-state index contributed by atoms with van der Waals surface area (Å²) >= 11 is 0. The van der Waals surface area contributed by atoms with Gasteiger partial charge in [-0.15, -0.1) is 6.42 Å². The highest BCUT2D eigenvalue weighted by Crippen LogP contribution is 2.44. The molecule has 0 saturated heterocycles. The molecule has 1 unspecified atom stereocenters. The molecular weight excluding hydrogens is 605 g/mol. The molecule has 0 N–H and O–H groups in total. The molecule has 8 rings (SSSR count). The molecule has 0 spiro atoms. The number of hydrogen-bond donors (Lipinski definition) is 0. The van der Waals surface area contributed by atoms with Crippen molar-refractivity contribution in [3.05, 3.63) is 181 Å². The third kappa shape index (κ3) is 5.50. The maximum absolute atomic E-state index is 5.99. The van der Waals surface area contributed by atoms with Crippen molar-refractivity contribution < 1.29 is 0 Å². The lowest BCUT2D eigenvalue weighted by Crippen LogP contribution is -2.00. The van der Waals surface area contributed by atoms with E-state index in [2.05, 4.69) is 157 Å². The molecule has 1 aromatic heterocycles. The zero-order chi connectivity index (χ0) is 34.0. The summed E-state index contributed by atoms with van der Waals surface area (Å²) in [5, 5.41) is 4.93. The quantitative estimate of drug-likeness (QED) is 0.131. The van der Waals surface area contributed by atoms with Gasteiger partial charge in [-0.05, 0) is 98.0 Å². The summed E-state index contributed by atoms with van der Waals surface area (Å²) < 4.78 is 2.17. The Morgan fingerprint density at radius 2 is 1.30 bits per heavy atom. The second kappa shape index (κ2) is 13.2. The fourth-order valence-electron chi connectivity index (χ4n) is 7.24. The zero-order valence-corrected chi connectivity index (χ0v) is 28.2. The highest BCUT2D eigenvalue weighted by atomic mass is 15.1. The normalized spacial score (nSPS) is 14.3. The highest BCUT2D eigenvalue weighted by molar-refractivity contribution is 6.20. The van der Waals surface area contributed by atoms with Gasteiger partial charge in [0.1, 0.15) is 11.5 Å². The van der Waals surface area contributed by atoms with Gasteiger partial charge in [0.15, 0.2) is 0 Å². The highest BCUT2D eigenvalue weighted by Gasteiger charge is 2.20. The fraction of sp³-hybridized carbons (Fsp3) is 0.0625. The van der Waals surface area contributed by atoms with Crippen LogP contribution in [0.25, 0.3) is 72.5 Å². The Morgan fingerprint density at radius 1 is 0.660 bits per heavy atom. The average molecular weight is 641 g/mol. The standard InChI is InChI=1S/C48H36N2/c1-4-16-45-44(5-2)49-48(36-20-10-7-11-21-36)50(45)39-28-25-35(26-29-39)46-40-23-14-15-24-41(40)47(38-22-13-12-17-33(3)31-38)42-30-27-37(32-43(42)46)34-18-8-6-9-19-34/h2,4,6-33H,1,3H3/b16-4-. The summed E-state index contributed by atoms with van der Waals surface area (Å²) in [7, 11) is 0. The SMILES string of the molecule is C#Cc1nc(-c2ccccc2)n(-c2ccc(-c3c4ccccc4c(C4=CC(C)C=CC=C4)c4ccc(-c5ccccc5)cc34)cc2)c1/C=C\C. The van der Waals surface area contributed by atoms with E-state index in [0.717, 1.165) is 28.3 Å². The first-order valence-electron chi connectivity index (χ1n) is 17.1. The number of allylic oxidation sites excluding steroid dienone is 7. The van der Waals surface area contributed by atoms with E-state index < -0.39 is 0 Å². The van der Waals surface area contributed by atoms with Crippen molar-refractivity contribution in [2.24, 2.45) is 5.92 Å². The lowest BCUT2D eigenvalue weighted by Gasteiger charge is -2.20. The number of hydrogen-bond acceptors (Lipinski definition) is 1. The van der Waals surface area contributed by atoms with Crippen LogP contribution >= 0.6 is 0 Å². The monoisotopic (exact) mass is 640 g/mol. The Kier molecular flexibility index (Phi) is 8.17. The lowest BCUT2D eigenvalue weighted by atomic mass is 9.84. The van der Waals surface area contributed by atoms with Crippen LogP contribution in [-0.4, -0.2) is 9.55 Å². The second-order valence-corrected chi connectivity index (χ2v) is 12.7. The van der Waals surface area contributed by atoms with Gasteiger partial charge in [0, 0.05) is 11.3 Å². The molecule has 238 valence electrons. The summed E-state index contributed by atoms with van der Waals surface area (Å²) in [6.45, 7) is 4.25. The molecule has 0 bridgehead atoms. The van der Waals surface area contributed by atoms with Crippen LogP contribution < -0.4 is 0 Å². The van der Waals surface area contributed by atoms with Gasteiger partial charge in [0.05, 0.1) is 5.69 Å². The van der Waals surface area contributed by atoms with Crippen LogP contribution in [0.4, 0.5) is 0 Å². The molecule has 2 nitrogen and oxygen atoms in total. The summed E-state index contributed by atoms with van der Waals surface area (Å²) in [5.74, 6) is 3.97. The van der Waals surface area contributed by atoms with Crippen LogP contribution in [0, 0.1) is 18.3 Å². The molecule has 6 aromatic carbocycles. The van der Waals surface area contributed by atoms with Crippen LogP contribution in [0.5, 0.6) is 0 Å². The van der Waals surface area contributed by atoms with E-state index in [-0.39, 0.29) is 0 Å². The molecule has 0 amide bonds. The maximum atomic E-state index is 5.99. The van der Waals surface area contributed by atoms with Gasteiger partial charge < -0.3 is 0 Å². The van der Waals surface area contributed by atoms with Crippen molar-refractivity contribution in [2.45, 2.75) is 13.8 Å². The molecule has 1 atom stereocenters. The Morgan fingerprint density at radius 3 is 2.00 bits per heavy atom. The van der Waals surface area contributed by atoms with Gasteiger partial charge in [-0.1, -0.05) is 153 Å². The largest absolute Gasteiger partial charge is 0.292 e. The average Bonchev–Trinajstić information content (AvgIpc) is 3.39. The van der Waals surface area contributed by atoms with Crippen LogP contribution in [0.15, 0.2) is 164 Å². The van der Waals surface area contributed by atoms with Gasteiger partial charge >= 0.3 is 0 Å². The summed E-state index contributed by atoms with van der Waals surface area (Å²) in [5.41, 5.74) is 10.8. The van der Waals surface area contributed by atoms with Gasteiger partial charge in [-0.25, -0.2) is 4.98 Å². The first-order chi connectivity index (χ1) is 24.6. The van der Waals surface area contributed by atoms with E-state index in [0.29, 0.717) is 11.6 Å². The van der Waals surface area contributed by atoms with E-state index in [4.69, 9.17) is 11.4 Å². The van der Waals surface area contributed by atoms with Crippen molar-refractivity contribution in [2.75, 3.05) is 0 Å². The van der Waals surface area contributed by atoms with Crippen LogP contribution in [0.2, 0.25) is 0 Å². The fourth-order valence-corrected chi connectivity index (χ4v) is 7.24. The van der Waals surface area contributed by atoms with E-state index in [9.17, 15) is 0 Å². The number of fused-ring (bicyclic) bond motifs is 2. The molecule has 0 saturated carbocycles. The van der Waals surface area contributed by atoms with Crippen LogP contribution in [0.3, 0.4) is 0 Å². The van der Waals surface area contributed by atoms with Crippen molar-refractivity contribution >= 4 is 33.2 Å². The first kappa shape index (κ1) is 30.9. The minimum atomic E-state index is 0.330. The number of aromatic nitrogens is 2. The molecule has 0 fully saturated rings. The molecule has 0 radical (unpaired) electrons. The van der Waals surface area contributed by atoms with Crippen molar-refractivity contribution in [3.63, 3.8) is 0 Å². The van der Waals surface area contributed by atoms with Gasteiger partial charge in [-0.3, -0.25) is 4.57 Å². The zero-order valence-electron chi connectivity index (χ0n) is 28.2. The number of imidazole rings is 1. The third-order valence-electron chi connectivity index (χ3n) is 9.48.